The molecule has 0 aliphatic heterocycles. The van der Waals surface area contributed by atoms with Gasteiger partial charge in [0.1, 0.15) is 11.6 Å². The molecule has 6 heteroatoms. The second-order valence-electron chi connectivity index (χ2n) is 5.54. The van der Waals surface area contributed by atoms with Gasteiger partial charge in [0.05, 0.1) is 5.92 Å². The van der Waals surface area contributed by atoms with E-state index in [0.717, 1.165) is 11.6 Å². The highest BCUT2D eigenvalue weighted by Gasteiger charge is 2.21. The molecule has 0 aliphatic carbocycles. The standard InChI is InChI=1S/C18H20F2N2O.ClH/c1-12(17(21)14-5-3-2-4-6-14)18(23)22-8-7-13-9-15(19)11-16(20)10-13;/h2-6,9-12,17H,7-8,21H2,1H3,(H,22,23);1H. The number of nitrogens with two attached hydrogens (primary N) is 1. The first-order valence-electron chi connectivity index (χ1n) is 7.50. The van der Waals surface area contributed by atoms with Crippen LogP contribution in [0.3, 0.4) is 0 Å². The average Bonchev–Trinajstić information content (AvgIpc) is 2.53. The van der Waals surface area contributed by atoms with E-state index in [1.54, 1.807) is 6.92 Å². The zero-order valence-electron chi connectivity index (χ0n) is 13.3. The van der Waals surface area contributed by atoms with Crippen molar-refractivity contribution in [1.29, 1.82) is 0 Å². The van der Waals surface area contributed by atoms with E-state index in [2.05, 4.69) is 5.32 Å². The Balaban J connectivity index is 0.00000288. The Morgan fingerprint density at radius 2 is 1.71 bits per heavy atom. The van der Waals surface area contributed by atoms with Gasteiger partial charge >= 0.3 is 0 Å². The summed E-state index contributed by atoms with van der Waals surface area (Å²) in [4.78, 5) is 12.1. The summed E-state index contributed by atoms with van der Waals surface area (Å²) in [6, 6.07) is 12.3. The summed E-state index contributed by atoms with van der Waals surface area (Å²) in [7, 11) is 0. The van der Waals surface area contributed by atoms with E-state index in [1.807, 2.05) is 30.3 Å². The summed E-state index contributed by atoms with van der Waals surface area (Å²) in [5.41, 5.74) is 7.50. The number of halogens is 3. The van der Waals surface area contributed by atoms with Crippen molar-refractivity contribution in [2.75, 3.05) is 6.54 Å². The molecule has 24 heavy (non-hydrogen) atoms. The third-order valence-corrected chi connectivity index (χ3v) is 3.77. The molecule has 3 N–H and O–H groups in total. The molecule has 2 atom stereocenters. The highest BCUT2D eigenvalue weighted by atomic mass is 35.5. The van der Waals surface area contributed by atoms with E-state index in [9.17, 15) is 13.6 Å². The Bertz CT molecular complexity index is 647. The summed E-state index contributed by atoms with van der Waals surface area (Å²) in [6.45, 7) is 2.06. The molecule has 2 aromatic rings. The van der Waals surface area contributed by atoms with Gasteiger partial charge in [-0.15, -0.1) is 12.4 Å². The quantitative estimate of drug-likeness (QED) is 0.835. The van der Waals surface area contributed by atoms with E-state index in [4.69, 9.17) is 5.73 Å². The Morgan fingerprint density at radius 3 is 2.29 bits per heavy atom. The summed E-state index contributed by atoms with van der Waals surface area (Å²) in [5.74, 6) is -1.82. The Kier molecular flexibility index (Phi) is 7.82. The number of nitrogens with one attached hydrogen (secondary N) is 1. The monoisotopic (exact) mass is 354 g/mol. The third-order valence-electron chi connectivity index (χ3n) is 3.77. The molecule has 0 aliphatic rings. The molecule has 3 nitrogen and oxygen atoms in total. The average molecular weight is 355 g/mol. The first kappa shape index (κ1) is 20.1. The number of carbonyl (C=O) groups excluding carboxylic acids is 1. The van der Waals surface area contributed by atoms with Gasteiger partial charge in [-0.2, -0.15) is 0 Å². The molecular weight excluding hydrogens is 334 g/mol. The fourth-order valence-corrected chi connectivity index (χ4v) is 2.37. The van der Waals surface area contributed by atoms with Crippen molar-refractivity contribution in [3.8, 4) is 0 Å². The molecule has 0 bridgehead atoms. The van der Waals surface area contributed by atoms with Gasteiger partial charge in [-0.3, -0.25) is 4.79 Å². The summed E-state index contributed by atoms with van der Waals surface area (Å²) >= 11 is 0. The smallest absolute Gasteiger partial charge is 0.224 e. The SMILES string of the molecule is CC(C(=O)NCCc1cc(F)cc(F)c1)C(N)c1ccccc1.Cl. The predicted octanol–water partition coefficient (Wildman–Crippen LogP) is 3.38. The zero-order chi connectivity index (χ0) is 16.8. The lowest BCUT2D eigenvalue weighted by Gasteiger charge is -2.19. The van der Waals surface area contributed by atoms with Crippen LogP contribution in [0.2, 0.25) is 0 Å². The van der Waals surface area contributed by atoms with Gasteiger partial charge < -0.3 is 11.1 Å². The molecule has 130 valence electrons. The first-order chi connectivity index (χ1) is 11.0. The van der Waals surface area contributed by atoms with E-state index in [-0.39, 0.29) is 18.3 Å². The van der Waals surface area contributed by atoms with Crippen molar-refractivity contribution in [3.63, 3.8) is 0 Å². The molecule has 2 aromatic carbocycles. The summed E-state index contributed by atoms with van der Waals surface area (Å²) in [5, 5.41) is 2.76. The first-order valence-corrected chi connectivity index (χ1v) is 7.50. The van der Waals surface area contributed by atoms with Crippen LogP contribution in [-0.2, 0) is 11.2 Å². The van der Waals surface area contributed by atoms with Gasteiger partial charge in [0.25, 0.3) is 0 Å². The molecule has 0 spiro atoms. The predicted molar refractivity (Wildman–Crippen MR) is 92.9 cm³/mol. The van der Waals surface area contributed by atoms with Gasteiger partial charge in [-0.05, 0) is 29.7 Å². The van der Waals surface area contributed by atoms with Crippen molar-refractivity contribution in [2.24, 2.45) is 11.7 Å². The summed E-state index contributed by atoms with van der Waals surface area (Å²) in [6.07, 6.45) is 0.355. The lowest BCUT2D eigenvalue weighted by Crippen LogP contribution is -2.36. The van der Waals surface area contributed by atoms with Gasteiger partial charge in [0.15, 0.2) is 0 Å². The number of benzene rings is 2. The lowest BCUT2D eigenvalue weighted by atomic mass is 9.94. The van der Waals surface area contributed by atoms with Crippen molar-refractivity contribution in [1.82, 2.24) is 5.32 Å². The minimum Gasteiger partial charge on any atom is -0.355 e. The van der Waals surface area contributed by atoms with Crippen molar-refractivity contribution in [3.05, 3.63) is 71.3 Å². The van der Waals surface area contributed by atoms with Crippen LogP contribution in [0.1, 0.15) is 24.1 Å². The normalized spacial score (nSPS) is 12.8. The highest BCUT2D eigenvalue weighted by Crippen LogP contribution is 2.19. The lowest BCUT2D eigenvalue weighted by molar-refractivity contribution is -0.125. The van der Waals surface area contributed by atoms with Crippen LogP contribution in [0.15, 0.2) is 48.5 Å². The number of carbonyl (C=O) groups is 1. The molecule has 0 aromatic heterocycles. The number of rotatable bonds is 6. The van der Waals surface area contributed by atoms with Gasteiger partial charge in [0.2, 0.25) is 5.91 Å². The molecule has 2 rings (SSSR count). The molecule has 2 unspecified atom stereocenters. The van der Waals surface area contributed by atoms with Gasteiger partial charge in [-0.1, -0.05) is 37.3 Å². The molecule has 0 fully saturated rings. The molecule has 0 saturated carbocycles. The number of amides is 1. The van der Waals surface area contributed by atoms with E-state index >= 15 is 0 Å². The van der Waals surface area contributed by atoms with Crippen molar-refractivity contribution >= 4 is 18.3 Å². The van der Waals surface area contributed by atoms with Crippen LogP contribution in [0.4, 0.5) is 8.78 Å². The Labute approximate surface area is 146 Å². The largest absolute Gasteiger partial charge is 0.355 e. The van der Waals surface area contributed by atoms with Crippen LogP contribution in [0.5, 0.6) is 0 Å². The van der Waals surface area contributed by atoms with Crippen LogP contribution >= 0.6 is 12.4 Å². The highest BCUT2D eigenvalue weighted by molar-refractivity contribution is 5.85. The second-order valence-corrected chi connectivity index (χ2v) is 5.54. The minimum absolute atomic E-state index is 0. The molecular formula is C18H21ClF2N2O. The third kappa shape index (κ3) is 5.58. The van der Waals surface area contributed by atoms with Crippen molar-refractivity contribution < 1.29 is 13.6 Å². The van der Waals surface area contributed by atoms with Crippen LogP contribution < -0.4 is 11.1 Å². The number of hydrogen-bond acceptors (Lipinski definition) is 2. The van der Waals surface area contributed by atoms with Crippen molar-refractivity contribution in [2.45, 2.75) is 19.4 Å². The Morgan fingerprint density at radius 1 is 1.12 bits per heavy atom. The van der Waals surface area contributed by atoms with Crippen LogP contribution in [0, 0.1) is 17.6 Å². The van der Waals surface area contributed by atoms with E-state index in [0.29, 0.717) is 18.5 Å². The molecule has 0 saturated heterocycles. The molecule has 0 heterocycles. The van der Waals surface area contributed by atoms with E-state index in [1.165, 1.54) is 12.1 Å². The minimum atomic E-state index is -0.620. The molecule has 0 radical (unpaired) electrons. The molecule has 1 amide bonds. The maximum Gasteiger partial charge on any atom is 0.224 e. The second kappa shape index (κ2) is 9.35. The Hall–Kier alpha value is -1.98. The van der Waals surface area contributed by atoms with Crippen LogP contribution in [-0.4, -0.2) is 12.5 Å². The van der Waals surface area contributed by atoms with Gasteiger partial charge in [0, 0.05) is 18.7 Å². The fraction of sp³-hybridized carbons (Fsp3) is 0.278. The fourth-order valence-electron chi connectivity index (χ4n) is 2.37. The summed E-state index contributed by atoms with van der Waals surface area (Å²) < 4.78 is 26.2. The van der Waals surface area contributed by atoms with Crippen LogP contribution in [0.25, 0.3) is 0 Å². The van der Waals surface area contributed by atoms with Gasteiger partial charge in [-0.25, -0.2) is 8.78 Å². The zero-order valence-corrected chi connectivity index (χ0v) is 14.2. The maximum absolute atomic E-state index is 13.1. The topological polar surface area (TPSA) is 55.1 Å². The van der Waals surface area contributed by atoms with E-state index < -0.39 is 23.6 Å². The maximum atomic E-state index is 13.1. The number of hydrogen-bond donors (Lipinski definition) is 2.